The van der Waals surface area contributed by atoms with Crippen molar-refractivity contribution in [3.8, 4) is 0 Å². The molecule has 15 heavy (non-hydrogen) atoms. The largest absolute Gasteiger partial charge is 0.312 e. The number of nitrogens with one attached hydrogen (secondary N) is 1. The van der Waals surface area contributed by atoms with E-state index in [1.807, 2.05) is 30.0 Å². The number of hydrogen-bond donors (Lipinski definition) is 1. The number of rotatable bonds is 5. The molecule has 0 aromatic heterocycles. The van der Waals surface area contributed by atoms with Crippen molar-refractivity contribution in [2.24, 2.45) is 0 Å². The van der Waals surface area contributed by atoms with Crippen molar-refractivity contribution < 1.29 is 0 Å². The van der Waals surface area contributed by atoms with Gasteiger partial charge in [0.2, 0.25) is 0 Å². The maximum Gasteiger partial charge on any atom is 0.0462 e. The van der Waals surface area contributed by atoms with Crippen LogP contribution in [-0.4, -0.2) is 18.1 Å². The van der Waals surface area contributed by atoms with Crippen LogP contribution in [0.2, 0.25) is 5.02 Å². The average molecular weight is 309 g/mol. The molecule has 1 unspecified atom stereocenters. The van der Waals surface area contributed by atoms with Crippen molar-refractivity contribution in [1.29, 1.82) is 0 Å². The first-order valence-electron chi connectivity index (χ1n) is 4.81. The maximum atomic E-state index is 6.10. The fourth-order valence-corrected chi connectivity index (χ4v) is 2.18. The summed E-state index contributed by atoms with van der Waals surface area (Å²) >= 11 is 11.4. The minimum absolute atomic E-state index is 0.638. The van der Waals surface area contributed by atoms with E-state index in [0.717, 1.165) is 28.1 Å². The van der Waals surface area contributed by atoms with Gasteiger partial charge in [0.05, 0.1) is 0 Å². The molecule has 1 nitrogen and oxygen atoms in total. The summed E-state index contributed by atoms with van der Waals surface area (Å²) in [6, 6.07) is 5.99. The number of thioether (sulfide) groups is 1. The average Bonchev–Trinajstić information content (AvgIpc) is 2.21. The van der Waals surface area contributed by atoms with Crippen LogP contribution in [-0.2, 0) is 6.54 Å². The molecule has 0 fully saturated rings. The van der Waals surface area contributed by atoms with Crippen LogP contribution in [0.4, 0.5) is 0 Å². The predicted molar refractivity (Wildman–Crippen MR) is 73.8 cm³/mol. The van der Waals surface area contributed by atoms with Crippen molar-refractivity contribution in [3.05, 3.63) is 33.3 Å². The lowest BCUT2D eigenvalue weighted by molar-refractivity contribution is 0.684. The highest BCUT2D eigenvalue weighted by Gasteiger charge is 2.02. The van der Waals surface area contributed by atoms with Crippen molar-refractivity contribution in [2.75, 3.05) is 12.8 Å². The molecule has 0 spiro atoms. The molecular weight excluding hydrogens is 294 g/mol. The Kier molecular flexibility index (Phi) is 6.05. The van der Waals surface area contributed by atoms with Gasteiger partial charge in [-0.15, -0.1) is 0 Å². The summed E-state index contributed by atoms with van der Waals surface area (Å²) in [6.45, 7) is 4.05. The Labute approximate surface area is 109 Å². The monoisotopic (exact) mass is 307 g/mol. The van der Waals surface area contributed by atoms with Gasteiger partial charge in [0.1, 0.15) is 0 Å². The molecule has 0 aliphatic heterocycles. The molecule has 0 bridgehead atoms. The van der Waals surface area contributed by atoms with Crippen molar-refractivity contribution in [3.63, 3.8) is 0 Å². The van der Waals surface area contributed by atoms with Gasteiger partial charge in [0.15, 0.2) is 0 Å². The Bertz CT molecular complexity index is 319. The molecular formula is C11H15BrClNS. The molecule has 0 radical (unpaired) electrons. The maximum absolute atomic E-state index is 6.10. The van der Waals surface area contributed by atoms with Crippen LogP contribution in [0.5, 0.6) is 0 Å². The fourth-order valence-electron chi connectivity index (χ4n) is 1.16. The third-order valence-electron chi connectivity index (χ3n) is 2.16. The van der Waals surface area contributed by atoms with Crippen LogP contribution < -0.4 is 5.32 Å². The van der Waals surface area contributed by atoms with E-state index in [0.29, 0.717) is 5.25 Å². The summed E-state index contributed by atoms with van der Waals surface area (Å²) in [5, 5.41) is 4.84. The molecule has 1 rings (SSSR count). The van der Waals surface area contributed by atoms with Gasteiger partial charge in [-0.05, 0) is 24.0 Å². The smallest absolute Gasteiger partial charge is 0.0462 e. The summed E-state index contributed by atoms with van der Waals surface area (Å²) in [7, 11) is 0. The van der Waals surface area contributed by atoms with Crippen molar-refractivity contribution in [1.82, 2.24) is 5.32 Å². The lowest BCUT2D eigenvalue weighted by atomic mass is 10.2. The lowest BCUT2D eigenvalue weighted by Gasteiger charge is -2.10. The van der Waals surface area contributed by atoms with Crippen LogP contribution >= 0.6 is 39.3 Å². The number of hydrogen-bond acceptors (Lipinski definition) is 2. The Balaban J connectivity index is 2.44. The van der Waals surface area contributed by atoms with Gasteiger partial charge in [-0.25, -0.2) is 0 Å². The van der Waals surface area contributed by atoms with E-state index in [1.54, 1.807) is 0 Å². The van der Waals surface area contributed by atoms with Gasteiger partial charge in [0, 0.05) is 27.8 Å². The van der Waals surface area contributed by atoms with Crippen LogP contribution in [0.15, 0.2) is 22.7 Å². The van der Waals surface area contributed by atoms with E-state index in [-0.39, 0.29) is 0 Å². The second kappa shape index (κ2) is 6.79. The molecule has 0 amide bonds. The van der Waals surface area contributed by atoms with Gasteiger partial charge in [-0.3, -0.25) is 0 Å². The van der Waals surface area contributed by atoms with Gasteiger partial charge in [-0.2, -0.15) is 11.8 Å². The van der Waals surface area contributed by atoms with E-state index in [9.17, 15) is 0 Å². The minimum Gasteiger partial charge on any atom is -0.312 e. The summed E-state index contributed by atoms with van der Waals surface area (Å²) in [6.07, 6.45) is 2.12. The first kappa shape index (κ1) is 13.4. The second-order valence-corrected chi connectivity index (χ2v) is 6.01. The van der Waals surface area contributed by atoms with Crippen LogP contribution in [0.3, 0.4) is 0 Å². The zero-order valence-electron chi connectivity index (χ0n) is 8.89. The summed E-state index contributed by atoms with van der Waals surface area (Å²) in [4.78, 5) is 0. The van der Waals surface area contributed by atoms with E-state index in [2.05, 4.69) is 34.4 Å². The summed E-state index contributed by atoms with van der Waals surface area (Å²) < 4.78 is 1.02. The predicted octanol–water partition coefficient (Wildman–Crippen LogP) is 3.94. The van der Waals surface area contributed by atoms with Crippen LogP contribution in [0.25, 0.3) is 0 Å². The molecule has 4 heteroatoms. The second-order valence-electron chi connectivity index (χ2n) is 3.41. The zero-order chi connectivity index (χ0) is 11.3. The molecule has 1 N–H and O–H groups in total. The standard InChI is InChI=1S/C11H15BrClNS/c1-8(15-2)6-14-7-9-3-4-10(12)5-11(9)13/h3-5,8,14H,6-7H2,1-2H3. The van der Waals surface area contributed by atoms with Crippen LogP contribution in [0, 0.1) is 0 Å². The molecule has 1 aromatic rings. The summed E-state index contributed by atoms with van der Waals surface area (Å²) in [5.74, 6) is 0. The first-order valence-corrected chi connectivity index (χ1v) is 7.27. The molecule has 0 heterocycles. The van der Waals surface area contributed by atoms with Crippen molar-refractivity contribution in [2.45, 2.75) is 18.7 Å². The molecule has 1 aromatic carbocycles. The highest BCUT2D eigenvalue weighted by Crippen LogP contribution is 2.21. The molecule has 0 aliphatic carbocycles. The van der Waals surface area contributed by atoms with E-state index in [1.165, 1.54) is 0 Å². The topological polar surface area (TPSA) is 12.0 Å². The Morgan fingerprint density at radius 2 is 2.27 bits per heavy atom. The molecule has 0 saturated carbocycles. The Hall–Kier alpha value is 0.300. The van der Waals surface area contributed by atoms with E-state index < -0.39 is 0 Å². The zero-order valence-corrected chi connectivity index (χ0v) is 12.0. The Morgan fingerprint density at radius 1 is 1.53 bits per heavy atom. The molecule has 0 aliphatic rings. The normalized spacial score (nSPS) is 12.8. The fraction of sp³-hybridized carbons (Fsp3) is 0.455. The lowest BCUT2D eigenvalue weighted by Crippen LogP contribution is -2.22. The van der Waals surface area contributed by atoms with E-state index >= 15 is 0 Å². The van der Waals surface area contributed by atoms with Gasteiger partial charge < -0.3 is 5.32 Å². The number of halogens is 2. The highest BCUT2D eigenvalue weighted by molar-refractivity contribution is 9.10. The van der Waals surface area contributed by atoms with E-state index in [4.69, 9.17) is 11.6 Å². The van der Waals surface area contributed by atoms with Gasteiger partial charge in [-0.1, -0.05) is 40.5 Å². The Morgan fingerprint density at radius 3 is 2.87 bits per heavy atom. The third-order valence-corrected chi connectivity index (χ3v) is 3.98. The van der Waals surface area contributed by atoms with Crippen LogP contribution in [0.1, 0.15) is 12.5 Å². The highest BCUT2D eigenvalue weighted by atomic mass is 79.9. The molecule has 1 atom stereocenters. The molecule has 84 valence electrons. The SMILES string of the molecule is CSC(C)CNCc1ccc(Br)cc1Cl. The number of benzene rings is 1. The third kappa shape index (κ3) is 4.77. The van der Waals surface area contributed by atoms with Gasteiger partial charge in [0.25, 0.3) is 0 Å². The van der Waals surface area contributed by atoms with Crippen molar-refractivity contribution >= 4 is 39.3 Å². The van der Waals surface area contributed by atoms with Gasteiger partial charge >= 0.3 is 0 Å². The summed E-state index contributed by atoms with van der Waals surface area (Å²) in [5.41, 5.74) is 1.15. The molecule has 0 saturated heterocycles. The first-order chi connectivity index (χ1) is 7.13. The minimum atomic E-state index is 0.638. The quantitative estimate of drug-likeness (QED) is 0.884.